The molecule has 1 atom stereocenters. The molecule has 1 unspecified atom stereocenters. The summed E-state index contributed by atoms with van der Waals surface area (Å²) in [4.78, 5) is 11.7. The van der Waals surface area contributed by atoms with Crippen molar-refractivity contribution in [1.29, 1.82) is 0 Å². The summed E-state index contributed by atoms with van der Waals surface area (Å²) < 4.78 is 13.1. The molecule has 1 aliphatic rings. The van der Waals surface area contributed by atoms with E-state index in [0.717, 1.165) is 18.4 Å². The van der Waals surface area contributed by atoms with E-state index >= 15 is 0 Å². The number of benzene rings is 1. The first kappa shape index (κ1) is 9.66. The van der Waals surface area contributed by atoms with E-state index in [4.69, 9.17) is 11.6 Å². The minimum atomic E-state index is -0.437. The second kappa shape index (κ2) is 3.35. The minimum Gasteiger partial charge on any atom is -0.294 e. The van der Waals surface area contributed by atoms with Crippen molar-refractivity contribution >= 4 is 17.4 Å². The van der Waals surface area contributed by atoms with Gasteiger partial charge in [-0.3, -0.25) is 4.79 Å². The smallest absolute Gasteiger partial charge is 0.166 e. The molecule has 14 heavy (non-hydrogen) atoms. The van der Waals surface area contributed by atoms with Gasteiger partial charge in [0.15, 0.2) is 5.78 Å². The van der Waals surface area contributed by atoms with Crippen LogP contribution >= 0.6 is 11.6 Å². The summed E-state index contributed by atoms with van der Waals surface area (Å²) in [5.74, 6) is -0.329. The highest BCUT2D eigenvalue weighted by Crippen LogP contribution is 2.29. The quantitative estimate of drug-likeness (QED) is 0.645. The molecule has 0 spiro atoms. The topological polar surface area (TPSA) is 17.1 Å². The second-order valence-electron chi connectivity index (χ2n) is 3.73. The first-order chi connectivity index (χ1) is 6.59. The normalized spacial score (nSPS) is 20.8. The van der Waals surface area contributed by atoms with Gasteiger partial charge >= 0.3 is 0 Å². The van der Waals surface area contributed by atoms with Crippen LogP contribution in [0.1, 0.15) is 29.3 Å². The Labute approximate surface area is 86.9 Å². The lowest BCUT2D eigenvalue weighted by molar-refractivity contribution is 0.0913. The third-order valence-electron chi connectivity index (χ3n) is 2.71. The van der Waals surface area contributed by atoms with Gasteiger partial charge in [0, 0.05) is 11.5 Å². The number of aryl methyl sites for hydroxylation is 1. The van der Waals surface area contributed by atoms with Crippen molar-refractivity contribution in [1.82, 2.24) is 0 Å². The molecule has 0 aliphatic heterocycles. The third-order valence-corrected chi connectivity index (χ3v) is 3.00. The van der Waals surface area contributed by atoms with Gasteiger partial charge in [-0.1, -0.05) is 18.5 Å². The number of hydrogen-bond donors (Lipinski definition) is 0. The third kappa shape index (κ3) is 1.44. The largest absolute Gasteiger partial charge is 0.294 e. The lowest BCUT2D eigenvalue weighted by Crippen LogP contribution is -2.20. The SMILES string of the molecule is CC1CCc2cc(F)c(Cl)cc2C1=O. The fraction of sp³-hybridized carbons (Fsp3) is 0.364. The first-order valence-corrected chi connectivity index (χ1v) is 4.99. The van der Waals surface area contributed by atoms with E-state index in [2.05, 4.69) is 0 Å². The number of Topliss-reactive ketones (excluding diaryl/α,β-unsaturated/α-hetero) is 1. The Balaban J connectivity index is 2.56. The average molecular weight is 213 g/mol. The molecule has 1 aromatic carbocycles. The van der Waals surface area contributed by atoms with Gasteiger partial charge < -0.3 is 0 Å². The summed E-state index contributed by atoms with van der Waals surface area (Å²) in [6.07, 6.45) is 1.56. The Morgan fingerprint density at radius 3 is 2.93 bits per heavy atom. The summed E-state index contributed by atoms with van der Waals surface area (Å²) >= 11 is 5.63. The van der Waals surface area contributed by atoms with Crippen molar-refractivity contribution in [2.45, 2.75) is 19.8 Å². The second-order valence-corrected chi connectivity index (χ2v) is 4.13. The summed E-state index contributed by atoms with van der Waals surface area (Å²) in [7, 11) is 0. The Hall–Kier alpha value is -0.890. The zero-order chi connectivity index (χ0) is 10.3. The average Bonchev–Trinajstić information content (AvgIpc) is 2.15. The molecule has 74 valence electrons. The van der Waals surface area contributed by atoms with Crippen LogP contribution in [-0.4, -0.2) is 5.78 Å². The van der Waals surface area contributed by atoms with Crippen LogP contribution in [-0.2, 0) is 6.42 Å². The van der Waals surface area contributed by atoms with Gasteiger partial charge in [0.2, 0.25) is 0 Å². The highest BCUT2D eigenvalue weighted by molar-refractivity contribution is 6.31. The number of ketones is 1. The van der Waals surface area contributed by atoms with E-state index in [1.807, 2.05) is 6.92 Å². The molecular formula is C11H10ClFO. The van der Waals surface area contributed by atoms with Gasteiger partial charge in [0.05, 0.1) is 5.02 Å². The summed E-state index contributed by atoms with van der Waals surface area (Å²) in [5, 5.41) is 0.0335. The van der Waals surface area contributed by atoms with Crippen LogP contribution in [0.4, 0.5) is 4.39 Å². The Kier molecular flexibility index (Phi) is 2.31. The Morgan fingerprint density at radius 2 is 2.21 bits per heavy atom. The standard InChI is InChI=1S/C11H10ClFO/c1-6-2-3-7-4-10(13)9(12)5-8(7)11(6)14/h4-6H,2-3H2,1H3. The maximum absolute atomic E-state index is 13.1. The Morgan fingerprint density at radius 1 is 1.50 bits per heavy atom. The zero-order valence-corrected chi connectivity index (χ0v) is 8.57. The van der Waals surface area contributed by atoms with Crippen LogP contribution < -0.4 is 0 Å². The highest BCUT2D eigenvalue weighted by Gasteiger charge is 2.24. The van der Waals surface area contributed by atoms with Crippen molar-refractivity contribution in [2.24, 2.45) is 5.92 Å². The molecule has 3 heteroatoms. The van der Waals surface area contributed by atoms with Crippen molar-refractivity contribution in [3.05, 3.63) is 34.1 Å². The van der Waals surface area contributed by atoms with E-state index in [1.54, 1.807) is 0 Å². The molecule has 0 saturated carbocycles. The number of carbonyl (C=O) groups excluding carboxylic acids is 1. The maximum atomic E-state index is 13.1. The molecule has 0 N–H and O–H groups in total. The van der Waals surface area contributed by atoms with Gasteiger partial charge in [0.25, 0.3) is 0 Å². The Bertz CT molecular complexity index is 401. The number of halogens is 2. The summed E-state index contributed by atoms with van der Waals surface area (Å²) in [6.45, 7) is 1.89. The molecule has 0 saturated heterocycles. The van der Waals surface area contributed by atoms with E-state index in [9.17, 15) is 9.18 Å². The van der Waals surface area contributed by atoms with Crippen LogP contribution in [0.3, 0.4) is 0 Å². The minimum absolute atomic E-state index is 0.0315. The van der Waals surface area contributed by atoms with Gasteiger partial charge in [-0.2, -0.15) is 0 Å². The van der Waals surface area contributed by atoms with Crippen LogP contribution in [0.25, 0.3) is 0 Å². The van der Waals surface area contributed by atoms with E-state index in [-0.39, 0.29) is 16.7 Å². The number of hydrogen-bond acceptors (Lipinski definition) is 1. The van der Waals surface area contributed by atoms with Gasteiger partial charge in [-0.05, 0) is 30.5 Å². The lowest BCUT2D eigenvalue weighted by atomic mass is 9.84. The number of carbonyl (C=O) groups is 1. The van der Waals surface area contributed by atoms with E-state index in [1.165, 1.54) is 12.1 Å². The fourth-order valence-electron chi connectivity index (χ4n) is 1.79. The molecule has 0 aromatic heterocycles. The molecule has 0 amide bonds. The molecule has 1 aromatic rings. The predicted octanol–water partition coefficient (Wildman–Crippen LogP) is 3.24. The van der Waals surface area contributed by atoms with E-state index in [0.29, 0.717) is 5.56 Å². The van der Waals surface area contributed by atoms with Crippen LogP contribution in [0.5, 0.6) is 0 Å². The summed E-state index contributed by atoms with van der Waals surface area (Å²) in [6, 6.07) is 2.83. The molecule has 1 aliphatic carbocycles. The monoisotopic (exact) mass is 212 g/mol. The van der Waals surface area contributed by atoms with Crippen molar-refractivity contribution in [2.75, 3.05) is 0 Å². The van der Waals surface area contributed by atoms with Crippen LogP contribution in [0, 0.1) is 11.7 Å². The fourth-order valence-corrected chi connectivity index (χ4v) is 1.96. The predicted molar refractivity (Wildman–Crippen MR) is 53.2 cm³/mol. The molecule has 0 fully saturated rings. The van der Waals surface area contributed by atoms with E-state index < -0.39 is 5.82 Å². The first-order valence-electron chi connectivity index (χ1n) is 4.61. The molecule has 0 heterocycles. The van der Waals surface area contributed by atoms with Gasteiger partial charge in [-0.15, -0.1) is 0 Å². The molecule has 1 nitrogen and oxygen atoms in total. The lowest BCUT2D eigenvalue weighted by Gasteiger charge is -2.20. The molecule has 0 radical (unpaired) electrons. The van der Waals surface area contributed by atoms with Crippen molar-refractivity contribution < 1.29 is 9.18 Å². The molecule has 2 rings (SSSR count). The molecular weight excluding hydrogens is 203 g/mol. The number of fused-ring (bicyclic) bond motifs is 1. The summed E-state index contributed by atoms with van der Waals surface area (Å²) in [5.41, 5.74) is 1.38. The number of rotatable bonds is 0. The van der Waals surface area contributed by atoms with Crippen LogP contribution in [0.2, 0.25) is 5.02 Å². The van der Waals surface area contributed by atoms with Crippen LogP contribution in [0.15, 0.2) is 12.1 Å². The zero-order valence-electron chi connectivity index (χ0n) is 7.81. The highest BCUT2D eigenvalue weighted by atomic mass is 35.5. The van der Waals surface area contributed by atoms with Crippen molar-refractivity contribution in [3.63, 3.8) is 0 Å². The molecule has 0 bridgehead atoms. The maximum Gasteiger partial charge on any atom is 0.166 e. The van der Waals surface area contributed by atoms with Gasteiger partial charge in [-0.25, -0.2) is 4.39 Å². The van der Waals surface area contributed by atoms with Crippen molar-refractivity contribution in [3.8, 4) is 0 Å². The van der Waals surface area contributed by atoms with Gasteiger partial charge in [0.1, 0.15) is 5.82 Å².